The number of imidazole rings is 1. The number of aromatic nitrogens is 2. The fourth-order valence-electron chi connectivity index (χ4n) is 1.01. The van der Waals surface area contributed by atoms with Gasteiger partial charge in [0.25, 0.3) is 0 Å². The van der Waals surface area contributed by atoms with E-state index in [2.05, 4.69) is 45.1 Å². The lowest BCUT2D eigenvalue weighted by molar-refractivity contribution is -0.117. The van der Waals surface area contributed by atoms with E-state index >= 15 is 0 Å². The summed E-state index contributed by atoms with van der Waals surface area (Å²) in [7, 11) is 0. The van der Waals surface area contributed by atoms with Crippen LogP contribution in [0.2, 0.25) is 0 Å². The molecule has 0 saturated carbocycles. The standard InChI is InChI=1S/C9H14BrN3O/c1-3-6(2)4-8(14)13-9-11-5-7(10)12-9/h5-6H,3-4H2,1-2H3,(H2,11,12,13,14). The molecule has 1 amide bonds. The lowest BCUT2D eigenvalue weighted by Gasteiger charge is -2.06. The van der Waals surface area contributed by atoms with E-state index in [0.717, 1.165) is 11.0 Å². The Balaban J connectivity index is 2.41. The summed E-state index contributed by atoms with van der Waals surface area (Å²) in [6, 6.07) is 0. The monoisotopic (exact) mass is 259 g/mol. The van der Waals surface area contributed by atoms with E-state index in [9.17, 15) is 4.79 Å². The second kappa shape index (κ2) is 5.14. The zero-order chi connectivity index (χ0) is 10.6. The van der Waals surface area contributed by atoms with Crippen LogP contribution in [-0.4, -0.2) is 15.9 Å². The Bertz CT molecular complexity index is 311. The number of halogens is 1. The van der Waals surface area contributed by atoms with Gasteiger partial charge in [0, 0.05) is 6.42 Å². The van der Waals surface area contributed by atoms with Crippen molar-refractivity contribution in [3.05, 3.63) is 10.8 Å². The summed E-state index contributed by atoms with van der Waals surface area (Å²) in [4.78, 5) is 18.2. The van der Waals surface area contributed by atoms with Gasteiger partial charge in [0.05, 0.1) is 6.20 Å². The van der Waals surface area contributed by atoms with E-state index in [-0.39, 0.29) is 5.91 Å². The zero-order valence-corrected chi connectivity index (χ0v) is 9.89. The van der Waals surface area contributed by atoms with E-state index < -0.39 is 0 Å². The van der Waals surface area contributed by atoms with E-state index in [1.165, 1.54) is 0 Å². The molecule has 5 heteroatoms. The van der Waals surface area contributed by atoms with Crippen molar-refractivity contribution in [3.63, 3.8) is 0 Å². The fraction of sp³-hybridized carbons (Fsp3) is 0.556. The Hall–Kier alpha value is -0.840. The number of hydrogen-bond acceptors (Lipinski definition) is 2. The van der Waals surface area contributed by atoms with Gasteiger partial charge < -0.3 is 4.98 Å². The molecule has 78 valence electrons. The molecule has 0 bridgehead atoms. The van der Waals surface area contributed by atoms with Crippen molar-refractivity contribution in [1.82, 2.24) is 9.97 Å². The maximum absolute atomic E-state index is 11.4. The van der Waals surface area contributed by atoms with Crippen LogP contribution in [0.5, 0.6) is 0 Å². The number of aromatic amines is 1. The first-order valence-corrected chi connectivity index (χ1v) is 5.41. The SMILES string of the molecule is CCC(C)CC(=O)Nc1ncc(Br)[nH]1. The van der Waals surface area contributed by atoms with Gasteiger partial charge in [0.15, 0.2) is 0 Å². The van der Waals surface area contributed by atoms with Gasteiger partial charge in [-0.25, -0.2) is 4.98 Å². The predicted molar refractivity (Wildman–Crippen MR) is 59.0 cm³/mol. The average Bonchev–Trinajstić information content (AvgIpc) is 2.50. The molecule has 0 spiro atoms. The fourth-order valence-corrected chi connectivity index (χ4v) is 1.30. The lowest BCUT2D eigenvalue weighted by Crippen LogP contribution is -2.15. The molecule has 2 N–H and O–H groups in total. The minimum absolute atomic E-state index is 0.00111. The van der Waals surface area contributed by atoms with Crippen LogP contribution in [0, 0.1) is 5.92 Å². The smallest absolute Gasteiger partial charge is 0.226 e. The van der Waals surface area contributed by atoms with Crippen LogP contribution in [0.25, 0.3) is 0 Å². The van der Waals surface area contributed by atoms with E-state index in [1.54, 1.807) is 6.20 Å². The molecule has 1 rings (SSSR count). The summed E-state index contributed by atoms with van der Waals surface area (Å²) in [5.74, 6) is 0.903. The third kappa shape index (κ3) is 3.49. The molecule has 1 unspecified atom stereocenters. The Kier molecular flexibility index (Phi) is 4.13. The lowest BCUT2D eigenvalue weighted by atomic mass is 10.1. The van der Waals surface area contributed by atoms with Gasteiger partial charge in [-0.05, 0) is 21.8 Å². The molecule has 1 aromatic rings. The molecule has 4 nitrogen and oxygen atoms in total. The quantitative estimate of drug-likeness (QED) is 0.874. The summed E-state index contributed by atoms with van der Waals surface area (Å²) < 4.78 is 0.760. The van der Waals surface area contributed by atoms with Crippen LogP contribution in [0.4, 0.5) is 5.95 Å². The number of anilines is 1. The molecular formula is C9H14BrN3O. The van der Waals surface area contributed by atoms with Gasteiger partial charge in [0.2, 0.25) is 11.9 Å². The van der Waals surface area contributed by atoms with Crippen molar-refractivity contribution in [2.45, 2.75) is 26.7 Å². The Labute approximate surface area is 91.6 Å². The molecule has 0 aliphatic carbocycles. The highest BCUT2D eigenvalue weighted by atomic mass is 79.9. The van der Waals surface area contributed by atoms with Gasteiger partial charge >= 0.3 is 0 Å². The van der Waals surface area contributed by atoms with Crippen LogP contribution in [0.3, 0.4) is 0 Å². The number of nitrogens with zero attached hydrogens (tertiary/aromatic N) is 1. The molecule has 0 saturated heterocycles. The van der Waals surface area contributed by atoms with E-state index in [1.807, 2.05) is 0 Å². The highest BCUT2D eigenvalue weighted by Gasteiger charge is 2.08. The summed E-state index contributed by atoms with van der Waals surface area (Å²) in [5.41, 5.74) is 0. The van der Waals surface area contributed by atoms with Crippen LogP contribution in [0.15, 0.2) is 10.8 Å². The average molecular weight is 260 g/mol. The van der Waals surface area contributed by atoms with E-state index in [4.69, 9.17) is 0 Å². The topological polar surface area (TPSA) is 57.8 Å². The third-order valence-corrected chi connectivity index (χ3v) is 2.44. The summed E-state index contributed by atoms with van der Waals surface area (Å²) in [5, 5.41) is 2.69. The normalized spacial score (nSPS) is 12.5. The molecule has 1 heterocycles. The maximum Gasteiger partial charge on any atom is 0.226 e. The zero-order valence-electron chi connectivity index (χ0n) is 8.30. The number of amides is 1. The van der Waals surface area contributed by atoms with E-state index in [0.29, 0.717) is 18.3 Å². The molecule has 0 aliphatic heterocycles. The number of carbonyl (C=O) groups excluding carboxylic acids is 1. The van der Waals surface area contributed by atoms with Crippen LogP contribution >= 0.6 is 15.9 Å². The molecular weight excluding hydrogens is 246 g/mol. The first-order valence-electron chi connectivity index (χ1n) is 4.62. The first kappa shape index (κ1) is 11.2. The molecule has 1 aromatic heterocycles. The highest BCUT2D eigenvalue weighted by molar-refractivity contribution is 9.10. The minimum Gasteiger partial charge on any atom is -0.319 e. The second-order valence-corrected chi connectivity index (χ2v) is 4.20. The van der Waals surface area contributed by atoms with Crippen LogP contribution in [-0.2, 0) is 4.79 Å². The minimum atomic E-state index is 0.00111. The summed E-state index contributed by atoms with van der Waals surface area (Å²) in [6.07, 6.45) is 3.16. The molecule has 14 heavy (non-hydrogen) atoms. The summed E-state index contributed by atoms with van der Waals surface area (Å²) in [6.45, 7) is 4.12. The molecule has 0 aliphatic rings. The van der Waals surface area contributed by atoms with Gasteiger partial charge in [-0.15, -0.1) is 0 Å². The molecule has 0 radical (unpaired) electrons. The van der Waals surface area contributed by atoms with Crippen molar-refractivity contribution in [2.75, 3.05) is 5.32 Å². The van der Waals surface area contributed by atoms with Gasteiger partial charge in [-0.1, -0.05) is 20.3 Å². The Morgan fingerprint density at radius 1 is 1.79 bits per heavy atom. The van der Waals surface area contributed by atoms with Gasteiger partial charge in [-0.3, -0.25) is 10.1 Å². The molecule has 0 fully saturated rings. The molecule has 1 atom stereocenters. The van der Waals surface area contributed by atoms with Gasteiger partial charge in [0.1, 0.15) is 4.60 Å². The van der Waals surface area contributed by atoms with Crippen LogP contribution < -0.4 is 5.32 Å². The van der Waals surface area contributed by atoms with Crippen molar-refractivity contribution < 1.29 is 4.79 Å². The highest BCUT2D eigenvalue weighted by Crippen LogP contribution is 2.11. The number of H-pyrrole nitrogens is 1. The Morgan fingerprint density at radius 2 is 2.50 bits per heavy atom. The first-order chi connectivity index (χ1) is 6.61. The largest absolute Gasteiger partial charge is 0.319 e. The third-order valence-electron chi connectivity index (χ3n) is 2.03. The molecule has 0 aromatic carbocycles. The number of carbonyl (C=O) groups is 1. The summed E-state index contributed by atoms with van der Waals surface area (Å²) >= 11 is 3.22. The Morgan fingerprint density at radius 3 is 3.00 bits per heavy atom. The number of rotatable bonds is 4. The maximum atomic E-state index is 11.4. The van der Waals surface area contributed by atoms with Crippen molar-refractivity contribution in [3.8, 4) is 0 Å². The number of nitrogens with one attached hydrogen (secondary N) is 2. The predicted octanol–water partition coefficient (Wildman–Crippen LogP) is 2.55. The van der Waals surface area contributed by atoms with Crippen molar-refractivity contribution in [1.29, 1.82) is 0 Å². The van der Waals surface area contributed by atoms with Crippen LogP contribution in [0.1, 0.15) is 26.7 Å². The second-order valence-electron chi connectivity index (χ2n) is 3.35. The number of hydrogen-bond donors (Lipinski definition) is 2. The van der Waals surface area contributed by atoms with Crippen molar-refractivity contribution in [2.24, 2.45) is 5.92 Å². The van der Waals surface area contributed by atoms with Gasteiger partial charge in [-0.2, -0.15) is 0 Å². The van der Waals surface area contributed by atoms with Crippen molar-refractivity contribution >= 4 is 27.8 Å².